The maximum absolute atomic E-state index is 10.00. The Labute approximate surface area is 57.4 Å². The molecule has 0 saturated carbocycles. The first kappa shape index (κ1) is 6.36. The predicted octanol–water partition coefficient (Wildman–Crippen LogP) is 1.83. The van der Waals surface area contributed by atoms with Gasteiger partial charge in [0.1, 0.15) is 0 Å². The summed E-state index contributed by atoms with van der Waals surface area (Å²) in [5.41, 5.74) is 0.832. The minimum absolute atomic E-state index is 0.325. The summed E-state index contributed by atoms with van der Waals surface area (Å²) >= 11 is 5.42. The number of halogens is 1. The number of hydrogen-bond donors (Lipinski definition) is 0. The van der Waals surface area contributed by atoms with Crippen molar-refractivity contribution in [2.24, 2.45) is 0 Å². The summed E-state index contributed by atoms with van der Waals surface area (Å²) in [6.07, 6.45) is 2.12. The molecule has 3 heteroatoms. The molecule has 0 unspecified atom stereocenters. The fraction of sp³-hybridized carbons (Fsp3) is 0.167. The van der Waals surface area contributed by atoms with Crippen LogP contribution in [0.15, 0.2) is 16.7 Å². The second kappa shape index (κ2) is 2.69. The lowest BCUT2D eigenvalue weighted by molar-refractivity contribution is 0.110. The average Bonchev–Trinajstić information content (AvgIpc) is 2.34. The van der Waals surface area contributed by atoms with Crippen LogP contribution in [-0.2, 0) is 5.88 Å². The summed E-state index contributed by atoms with van der Waals surface area (Å²) < 4.78 is 4.75. The molecule has 0 bridgehead atoms. The number of rotatable bonds is 2. The van der Waals surface area contributed by atoms with Crippen LogP contribution in [0.4, 0.5) is 0 Å². The SMILES string of the molecule is O=Cc1cc(CCl)co1. The van der Waals surface area contributed by atoms with Gasteiger partial charge in [0.15, 0.2) is 12.0 Å². The first-order valence-electron chi connectivity index (χ1n) is 2.45. The maximum atomic E-state index is 10.00. The van der Waals surface area contributed by atoms with Gasteiger partial charge in [-0.05, 0) is 6.07 Å². The Morgan fingerprint density at radius 3 is 2.89 bits per heavy atom. The summed E-state index contributed by atoms with van der Waals surface area (Å²) in [4.78, 5) is 10.00. The summed E-state index contributed by atoms with van der Waals surface area (Å²) in [6, 6.07) is 1.61. The molecule has 0 aliphatic carbocycles. The molecule has 0 amide bonds. The zero-order valence-electron chi connectivity index (χ0n) is 4.63. The number of carbonyl (C=O) groups excluding carboxylic acids is 1. The monoisotopic (exact) mass is 144 g/mol. The largest absolute Gasteiger partial charge is 0.461 e. The van der Waals surface area contributed by atoms with Gasteiger partial charge in [-0.25, -0.2) is 0 Å². The molecule has 0 aliphatic rings. The Bertz CT molecular complexity index is 205. The van der Waals surface area contributed by atoms with E-state index in [0.717, 1.165) is 5.56 Å². The number of furan rings is 1. The van der Waals surface area contributed by atoms with Gasteiger partial charge in [-0.15, -0.1) is 11.6 Å². The third-order valence-corrected chi connectivity index (χ3v) is 1.25. The zero-order valence-corrected chi connectivity index (χ0v) is 5.39. The third kappa shape index (κ3) is 1.33. The van der Waals surface area contributed by atoms with Crippen LogP contribution in [0, 0.1) is 0 Å². The van der Waals surface area contributed by atoms with Crippen molar-refractivity contribution in [1.82, 2.24) is 0 Å². The zero-order chi connectivity index (χ0) is 6.69. The molecule has 1 rings (SSSR count). The second-order valence-electron chi connectivity index (χ2n) is 1.61. The van der Waals surface area contributed by atoms with Crippen LogP contribution in [0.25, 0.3) is 0 Å². The van der Waals surface area contributed by atoms with Crippen LogP contribution in [0.5, 0.6) is 0 Å². The van der Waals surface area contributed by atoms with Gasteiger partial charge < -0.3 is 4.42 Å². The van der Waals surface area contributed by atoms with Gasteiger partial charge in [0.05, 0.1) is 12.1 Å². The van der Waals surface area contributed by atoms with E-state index in [2.05, 4.69) is 0 Å². The molecule has 0 aliphatic heterocycles. The van der Waals surface area contributed by atoms with E-state index in [0.29, 0.717) is 17.9 Å². The molecular formula is C6H5ClO2. The highest BCUT2D eigenvalue weighted by molar-refractivity contribution is 6.17. The van der Waals surface area contributed by atoms with E-state index in [4.69, 9.17) is 16.0 Å². The van der Waals surface area contributed by atoms with Gasteiger partial charge in [-0.2, -0.15) is 0 Å². The van der Waals surface area contributed by atoms with Gasteiger partial charge >= 0.3 is 0 Å². The van der Waals surface area contributed by atoms with E-state index in [-0.39, 0.29) is 0 Å². The molecule has 0 saturated heterocycles. The molecule has 0 atom stereocenters. The lowest BCUT2D eigenvalue weighted by Crippen LogP contribution is -1.69. The lowest BCUT2D eigenvalue weighted by atomic mass is 10.3. The van der Waals surface area contributed by atoms with Crippen molar-refractivity contribution in [3.8, 4) is 0 Å². The van der Waals surface area contributed by atoms with Gasteiger partial charge in [-0.1, -0.05) is 0 Å². The van der Waals surface area contributed by atoms with E-state index in [1.165, 1.54) is 6.26 Å². The van der Waals surface area contributed by atoms with E-state index < -0.39 is 0 Å². The highest BCUT2D eigenvalue weighted by Gasteiger charge is 1.96. The lowest BCUT2D eigenvalue weighted by Gasteiger charge is -1.75. The Kier molecular flexibility index (Phi) is 1.90. The minimum atomic E-state index is 0.325. The van der Waals surface area contributed by atoms with Crippen molar-refractivity contribution >= 4 is 17.9 Å². The highest BCUT2D eigenvalue weighted by Crippen LogP contribution is 2.07. The number of carbonyl (C=O) groups is 1. The molecule has 0 spiro atoms. The summed E-state index contributed by atoms with van der Waals surface area (Å²) in [7, 11) is 0. The van der Waals surface area contributed by atoms with Crippen molar-refractivity contribution < 1.29 is 9.21 Å². The molecule has 1 heterocycles. The summed E-state index contributed by atoms with van der Waals surface area (Å²) in [6.45, 7) is 0. The minimum Gasteiger partial charge on any atom is -0.461 e. The van der Waals surface area contributed by atoms with Crippen molar-refractivity contribution in [2.75, 3.05) is 0 Å². The van der Waals surface area contributed by atoms with Crippen LogP contribution in [0.1, 0.15) is 16.1 Å². The second-order valence-corrected chi connectivity index (χ2v) is 1.88. The first-order chi connectivity index (χ1) is 4.36. The van der Waals surface area contributed by atoms with Crippen molar-refractivity contribution in [2.45, 2.75) is 5.88 Å². The molecule has 0 N–H and O–H groups in total. The smallest absolute Gasteiger partial charge is 0.185 e. The fourth-order valence-corrected chi connectivity index (χ4v) is 0.667. The number of alkyl halides is 1. The molecule has 0 aromatic carbocycles. The van der Waals surface area contributed by atoms with Gasteiger partial charge in [-0.3, -0.25) is 4.79 Å². The van der Waals surface area contributed by atoms with Crippen LogP contribution >= 0.6 is 11.6 Å². The van der Waals surface area contributed by atoms with Crippen LogP contribution in [-0.4, -0.2) is 6.29 Å². The maximum Gasteiger partial charge on any atom is 0.185 e. The quantitative estimate of drug-likeness (QED) is 0.468. The molecule has 1 aromatic heterocycles. The Balaban J connectivity index is 2.86. The topological polar surface area (TPSA) is 30.2 Å². The normalized spacial score (nSPS) is 9.44. The third-order valence-electron chi connectivity index (χ3n) is 0.944. The Morgan fingerprint density at radius 1 is 1.78 bits per heavy atom. The van der Waals surface area contributed by atoms with Gasteiger partial charge in [0.2, 0.25) is 0 Å². The van der Waals surface area contributed by atoms with Gasteiger partial charge in [0.25, 0.3) is 0 Å². The fourth-order valence-electron chi connectivity index (χ4n) is 0.526. The van der Waals surface area contributed by atoms with E-state index >= 15 is 0 Å². The average molecular weight is 145 g/mol. The van der Waals surface area contributed by atoms with Crippen molar-refractivity contribution in [3.05, 3.63) is 23.7 Å². The Hall–Kier alpha value is -0.760. The molecule has 9 heavy (non-hydrogen) atoms. The molecular weight excluding hydrogens is 140 g/mol. The number of hydrogen-bond acceptors (Lipinski definition) is 2. The summed E-state index contributed by atoms with van der Waals surface area (Å²) in [5.74, 6) is 0.711. The standard InChI is InChI=1S/C6H5ClO2/c7-2-5-1-6(3-8)9-4-5/h1,3-4H,2H2. The van der Waals surface area contributed by atoms with Crippen LogP contribution in [0.3, 0.4) is 0 Å². The van der Waals surface area contributed by atoms with Gasteiger partial charge in [0, 0.05) is 5.56 Å². The van der Waals surface area contributed by atoms with Crippen molar-refractivity contribution in [1.29, 1.82) is 0 Å². The van der Waals surface area contributed by atoms with Crippen LogP contribution < -0.4 is 0 Å². The molecule has 2 nitrogen and oxygen atoms in total. The van der Waals surface area contributed by atoms with E-state index in [9.17, 15) is 4.79 Å². The molecule has 1 aromatic rings. The Morgan fingerprint density at radius 2 is 2.56 bits per heavy atom. The molecule has 48 valence electrons. The predicted molar refractivity (Wildman–Crippen MR) is 33.7 cm³/mol. The van der Waals surface area contributed by atoms with Crippen LogP contribution in [0.2, 0.25) is 0 Å². The number of aldehydes is 1. The van der Waals surface area contributed by atoms with E-state index in [1.807, 2.05) is 0 Å². The summed E-state index contributed by atoms with van der Waals surface area (Å²) in [5, 5.41) is 0. The molecule has 0 radical (unpaired) electrons. The first-order valence-corrected chi connectivity index (χ1v) is 2.99. The molecule has 0 fully saturated rings. The van der Waals surface area contributed by atoms with E-state index in [1.54, 1.807) is 6.07 Å². The highest BCUT2D eigenvalue weighted by atomic mass is 35.5. The van der Waals surface area contributed by atoms with Crippen molar-refractivity contribution in [3.63, 3.8) is 0 Å².